The molecule has 0 fully saturated rings. The molecule has 0 aliphatic heterocycles. The molecule has 0 bridgehead atoms. The normalized spacial score (nSPS) is 11.3. The molecular weight excluding hydrogens is 390 g/mol. The van der Waals surface area contributed by atoms with Gasteiger partial charge in [0.05, 0.1) is 0 Å². The summed E-state index contributed by atoms with van der Waals surface area (Å²) >= 11 is 0. The molecule has 0 aliphatic rings. The Bertz CT molecular complexity index is 782. The van der Waals surface area contributed by atoms with Crippen LogP contribution in [0.4, 0.5) is 0 Å². The number of rotatable bonds is 13. The van der Waals surface area contributed by atoms with E-state index in [1.165, 1.54) is 0 Å². The monoisotopic (exact) mass is 425 g/mol. The summed E-state index contributed by atoms with van der Waals surface area (Å²) in [6, 6.07) is 18.7. The number of hydrogen-bond donors (Lipinski definition) is 1. The van der Waals surface area contributed by atoms with Gasteiger partial charge in [-0.2, -0.15) is 0 Å². The van der Waals surface area contributed by atoms with E-state index in [9.17, 15) is 4.79 Å². The summed E-state index contributed by atoms with van der Waals surface area (Å²) in [6.07, 6.45) is 2.71. The Hall–Kier alpha value is -2.21. The zero-order valence-electron chi connectivity index (χ0n) is 18.6. The molecule has 0 aromatic heterocycles. The second-order valence-electron chi connectivity index (χ2n) is 7.53. The van der Waals surface area contributed by atoms with Crippen molar-refractivity contribution in [1.82, 2.24) is 5.32 Å². The number of amides is 1. The molecule has 2 aromatic carbocycles. The Balaban J connectivity index is 2.00. The van der Waals surface area contributed by atoms with Crippen molar-refractivity contribution < 1.29 is 13.6 Å². The molecule has 5 heteroatoms. The SMILES string of the molecule is C=C(C)c1ccc(C(=O)NCCC[Si](OCCC)(OCCC)c2ccccc2)cc1. The van der Waals surface area contributed by atoms with E-state index in [-0.39, 0.29) is 5.91 Å². The summed E-state index contributed by atoms with van der Waals surface area (Å²) in [4.78, 5) is 12.5. The van der Waals surface area contributed by atoms with Gasteiger partial charge in [0.15, 0.2) is 0 Å². The third-order valence-corrected chi connectivity index (χ3v) is 8.47. The average Bonchev–Trinajstić information content (AvgIpc) is 2.78. The third-order valence-electron chi connectivity index (χ3n) is 4.90. The fourth-order valence-electron chi connectivity index (χ4n) is 3.25. The topological polar surface area (TPSA) is 47.6 Å². The molecule has 30 heavy (non-hydrogen) atoms. The fourth-order valence-corrected chi connectivity index (χ4v) is 6.66. The molecule has 0 unspecified atom stereocenters. The first kappa shape index (κ1) is 24.1. The summed E-state index contributed by atoms with van der Waals surface area (Å²) in [7, 11) is -2.55. The molecule has 0 heterocycles. The Morgan fingerprint density at radius 3 is 2.03 bits per heavy atom. The summed E-state index contributed by atoms with van der Waals surface area (Å²) in [5.74, 6) is -0.0563. The predicted molar refractivity (Wildman–Crippen MR) is 127 cm³/mol. The van der Waals surface area contributed by atoms with Crippen molar-refractivity contribution in [1.29, 1.82) is 0 Å². The molecule has 0 aliphatic carbocycles. The van der Waals surface area contributed by atoms with Crippen LogP contribution in [0.1, 0.15) is 56.0 Å². The van der Waals surface area contributed by atoms with Gasteiger partial charge in [0.2, 0.25) is 0 Å². The largest absolute Gasteiger partial charge is 0.391 e. The quantitative estimate of drug-likeness (QED) is 0.361. The smallest absolute Gasteiger partial charge is 0.372 e. The fraction of sp³-hybridized carbons (Fsp3) is 0.400. The van der Waals surface area contributed by atoms with Crippen LogP contribution in [0.15, 0.2) is 61.2 Å². The highest BCUT2D eigenvalue weighted by atomic mass is 28.4. The Morgan fingerprint density at radius 1 is 0.933 bits per heavy atom. The van der Waals surface area contributed by atoms with E-state index in [0.29, 0.717) is 25.3 Å². The number of carbonyl (C=O) groups is 1. The molecule has 2 aromatic rings. The molecule has 0 spiro atoms. The van der Waals surface area contributed by atoms with Crippen LogP contribution in [0.5, 0.6) is 0 Å². The highest BCUT2D eigenvalue weighted by Gasteiger charge is 2.39. The maximum Gasteiger partial charge on any atom is 0.372 e. The van der Waals surface area contributed by atoms with Gasteiger partial charge in [-0.25, -0.2) is 0 Å². The van der Waals surface area contributed by atoms with Crippen LogP contribution in [-0.4, -0.2) is 34.2 Å². The van der Waals surface area contributed by atoms with Crippen LogP contribution in [-0.2, 0) is 8.85 Å². The van der Waals surface area contributed by atoms with Crippen molar-refractivity contribution in [3.63, 3.8) is 0 Å². The minimum Gasteiger partial charge on any atom is -0.391 e. The van der Waals surface area contributed by atoms with E-state index < -0.39 is 8.56 Å². The van der Waals surface area contributed by atoms with Crippen molar-refractivity contribution in [2.75, 3.05) is 19.8 Å². The van der Waals surface area contributed by atoms with Gasteiger partial charge in [0.1, 0.15) is 0 Å². The van der Waals surface area contributed by atoms with Crippen molar-refractivity contribution in [3.8, 4) is 0 Å². The Kier molecular flexibility index (Phi) is 10.0. The van der Waals surface area contributed by atoms with Crippen LogP contribution >= 0.6 is 0 Å². The zero-order chi connectivity index (χ0) is 21.8. The number of nitrogens with one attached hydrogen (secondary N) is 1. The highest BCUT2D eigenvalue weighted by Crippen LogP contribution is 2.18. The molecule has 0 saturated heterocycles. The van der Waals surface area contributed by atoms with Crippen LogP contribution in [0, 0.1) is 0 Å². The van der Waals surface area contributed by atoms with Gasteiger partial charge in [0, 0.05) is 25.3 Å². The van der Waals surface area contributed by atoms with Gasteiger partial charge < -0.3 is 14.2 Å². The van der Waals surface area contributed by atoms with Gasteiger partial charge in [-0.05, 0) is 55.1 Å². The Morgan fingerprint density at radius 2 is 1.50 bits per heavy atom. The summed E-state index contributed by atoms with van der Waals surface area (Å²) in [5.41, 5.74) is 2.70. The minimum absolute atomic E-state index is 0.0563. The molecule has 162 valence electrons. The van der Waals surface area contributed by atoms with Gasteiger partial charge in [0.25, 0.3) is 5.91 Å². The van der Waals surface area contributed by atoms with E-state index in [1.54, 1.807) is 0 Å². The van der Waals surface area contributed by atoms with Crippen LogP contribution < -0.4 is 10.5 Å². The number of benzene rings is 2. The van der Waals surface area contributed by atoms with E-state index in [0.717, 1.165) is 41.6 Å². The van der Waals surface area contributed by atoms with Gasteiger partial charge >= 0.3 is 8.56 Å². The lowest BCUT2D eigenvalue weighted by molar-refractivity contribution is 0.0952. The van der Waals surface area contributed by atoms with Crippen molar-refractivity contribution in [3.05, 3.63) is 72.3 Å². The van der Waals surface area contributed by atoms with Crippen LogP contribution in [0.3, 0.4) is 0 Å². The number of carbonyl (C=O) groups excluding carboxylic acids is 1. The predicted octanol–water partition coefficient (Wildman–Crippen LogP) is 5.04. The van der Waals surface area contributed by atoms with E-state index in [1.807, 2.05) is 49.4 Å². The van der Waals surface area contributed by atoms with Crippen LogP contribution in [0.2, 0.25) is 6.04 Å². The zero-order valence-corrected chi connectivity index (χ0v) is 19.6. The maximum atomic E-state index is 12.5. The number of allylic oxidation sites excluding steroid dienone is 1. The van der Waals surface area contributed by atoms with Crippen LogP contribution in [0.25, 0.3) is 5.57 Å². The lowest BCUT2D eigenvalue weighted by Gasteiger charge is -2.31. The first-order valence-electron chi connectivity index (χ1n) is 10.9. The summed E-state index contributed by atoms with van der Waals surface area (Å²) < 4.78 is 12.8. The van der Waals surface area contributed by atoms with E-state index >= 15 is 0 Å². The average molecular weight is 426 g/mol. The van der Waals surface area contributed by atoms with Crippen molar-refractivity contribution >= 4 is 25.2 Å². The first-order valence-corrected chi connectivity index (χ1v) is 12.9. The molecule has 1 amide bonds. The summed E-state index contributed by atoms with van der Waals surface area (Å²) in [5, 5.41) is 4.19. The molecule has 0 radical (unpaired) electrons. The van der Waals surface area contributed by atoms with Gasteiger partial charge in [-0.15, -0.1) is 0 Å². The molecule has 4 nitrogen and oxygen atoms in total. The summed E-state index contributed by atoms with van der Waals surface area (Å²) in [6.45, 7) is 12.1. The van der Waals surface area contributed by atoms with E-state index in [2.05, 4.69) is 37.9 Å². The second-order valence-corrected chi connectivity index (χ2v) is 10.7. The third kappa shape index (κ3) is 6.94. The first-order chi connectivity index (χ1) is 14.5. The highest BCUT2D eigenvalue weighted by molar-refractivity contribution is 6.81. The molecule has 2 rings (SSSR count). The minimum atomic E-state index is -2.55. The Labute approximate surface area is 182 Å². The molecule has 0 atom stereocenters. The van der Waals surface area contributed by atoms with Crippen molar-refractivity contribution in [2.45, 2.75) is 46.1 Å². The van der Waals surface area contributed by atoms with E-state index in [4.69, 9.17) is 8.85 Å². The van der Waals surface area contributed by atoms with Gasteiger partial charge in [-0.3, -0.25) is 4.79 Å². The molecule has 1 N–H and O–H groups in total. The van der Waals surface area contributed by atoms with Gasteiger partial charge in [-0.1, -0.05) is 68.5 Å². The standard InChI is InChI=1S/C25H35NO3Si/c1-5-18-28-30(29-19-6-2,24-11-8-7-9-12-24)20-10-17-26-25(27)23-15-13-22(14-16-23)21(3)4/h7-9,11-16H,3,5-6,10,17-20H2,1-2,4H3,(H,26,27). The molecule has 0 saturated carbocycles. The van der Waals surface area contributed by atoms with Crippen molar-refractivity contribution in [2.24, 2.45) is 0 Å². The lowest BCUT2D eigenvalue weighted by Crippen LogP contribution is -2.54. The molecular formula is C25H35NO3Si. The lowest BCUT2D eigenvalue weighted by atomic mass is 10.1. The second kappa shape index (κ2) is 12.5. The maximum absolute atomic E-state index is 12.5. The number of hydrogen-bond acceptors (Lipinski definition) is 3.